The Hall–Kier alpha value is -2.51. The predicted molar refractivity (Wildman–Crippen MR) is 102 cm³/mol. The summed E-state index contributed by atoms with van der Waals surface area (Å²) in [5, 5.41) is 0. The van der Waals surface area contributed by atoms with Gasteiger partial charge in [-0.05, 0) is 24.0 Å². The number of nitrogens with zero attached hydrogens (tertiary/aromatic N) is 3. The van der Waals surface area contributed by atoms with Crippen LogP contribution in [-0.2, 0) is 6.18 Å². The number of aromatic nitrogens is 2. The van der Waals surface area contributed by atoms with Crippen LogP contribution in [0.5, 0.6) is 11.8 Å². The molecule has 1 aromatic heterocycles. The zero-order chi connectivity index (χ0) is 20.9. The molecule has 0 saturated heterocycles. The molecule has 2 rings (SSSR count). The fourth-order valence-corrected chi connectivity index (χ4v) is 2.29. The topological polar surface area (TPSA) is 47.5 Å². The van der Waals surface area contributed by atoms with Gasteiger partial charge in [0.2, 0.25) is 0 Å². The summed E-state index contributed by atoms with van der Waals surface area (Å²) in [7, 11) is 1.52. The second-order valence-corrected chi connectivity index (χ2v) is 7.35. The van der Waals surface area contributed by atoms with Gasteiger partial charge >= 0.3 is 12.2 Å². The van der Waals surface area contributed by atoms with Gasteiger partial charge in [-0.15, -0.1) is 0 Å². The first kappa shape index (κ1) is 21.8. The molecule has 1 heterocycles. The molecule has 5 nitrogen and oxygen atoms in total. The van der Waals surface area contributed by atoms with E-state index < -0.39 is 11.7 Å². The maximum Gasteiger partial charge on any atom is 0.421 e. The van der Waals surface area contributed by atoms with Gasteiger partial charge in [-0.1, -0.05) is 33.8 Å². The third kappa shape index (κ3) is 6.00. The number of hydrogen-bond acceptors (Lipinski definition) is 5. The molecule has 0 N–H and O–H groups in total. The molecule has 0 fully saturated rings. The number of hydrogen-bond donors (Lipinski definition) is 0. The van der Waals surface area contributed by atoms with Crippen molar-refractivity contribution in [2.24, 2.45) is 11.8 Å². The van der Waals surface area contributed by atoms with Crippen molar-refractivity contribution in [1.82, 2.24) is 9.97 Å². The number of benzene rings is 1. The average Bonchev–Trinajstić information content (AvgIpc) is 2.63. The van der Waals surface area contributed by atoms with E-state index in [0.717, 1.165) is 6.20 Å². The van der Waals surface area contributed by atoms with Gasteiger partial charge in [0.1, 0.15) is 11.3 Å². The SMILES string of the molecule is CC(C)COc1cccc(N(C)c2nc(OCC(C)C)ncc2C(F)(F)F)c1. The van der Waals surface area contributed by atoms with Crippen LogP contribution in [-0.4, -0.2) is 30.2 Å². The first-order valence-electron chi connectivity index (χ1n) is 9.11. The van der Waals surface area contributed by atoms with Crippen molar-refractivity contribution >= 4 is 11.5 Å². The molecule has 0 unspecified atom stereocenters. The zero-order valence-corrected chi connectivity index (χ0v) is 16.7. The highest BCUT2D eigenvalue weighted by Crippen LogP contribution is 2.38. The Labute approximate surface area is 163 Å². The molecule has 0 radical (unpaired) electrons. The van der Waals surface area contributed by atoms with Crippen LogP contribution in [0, 0.1) is 11.8 Å². The summed E-state index contributed by atoms with van der Waals surface area (Å²) in [4.78, 5) is 9.09. The lowest BCUT2D eigenvalue weighted by Gasteiger charge is -2.23. The van der Waals surface area contributed by atoms with Crippen molar-refractivity contribution < 1.29 is 22.6 Å². The summed E-state index contributed by atoms with van der Waals surface area (Å²) in [5.74, 6) is 0.835. The summed E-state index contributed by atoms with van der Waals surface area (Å²) >= 11 is 0. The molecule has 0 saturated carbocycles. The second-order valence-electron chi connectivity index (χ2n) is 7.35. The summed E-state index contributed by atoms with van der Waals surface area (Å²) in [6, 6.07) is 6.78. The number of alkyl halides is 3. The van der Waals surface area contributed by atoms with E-state index >= 15 is 0 Å². The molecule has 2 aromatic rings. The summed E-state index contributed by atoms with van der Waals surface area (Å²) in [6.45, 7) is 8.73. The highest BCUT2D eigenvalue weighted by Gasteiger charge is 2.36. The quantitative estimate of drug-likeness (QED) is 0.602. The van der Waals surface area contributed by atoms with Crippen LogP contribution >= 0.6 is 0 Å². The summed E-state index contributed by atoms with van der Waals surface area (Å²) in [5.41, 5.74) is -0.416. The Bertz CT molecular complexity index is 780. The molecule has 0 atom stereocenters. The van der Waals surface area contributed by atoms with E-state index in [4.69, 9.17) is 9.47 Å². The van der Waals surface area contributed by atoms with Crippen LogP contribution in [0.4, 0.5) is 24.7 Å². The molecule has 0 aliphatic carbocycles. The molecule has 0 amide bonds. The van der Waals surface area contributed by atoms with Gasteiger partial charge in [0.05, 0.1) is 13.2 Å². The van der Waals surface area contributed by atoms with Gasteiger partial charge in [0.15, 0.2) is 5.82 Å². The highest BCUT2D eigenvalue weighted by atomic mass is 19.4. The van der Waals surface area contributed by atoms with Gasteiger partial charge in [-0.3, -0.25) is 0 Å². The number of rotatable bonds is 8. The van der Waals surface area contributed by atoms with E-state index in [1.807, 2.05) is 27.7 Å². The van der Waals surface area contributed by atoms with E-state index in [0.29, 0.717) is 30.6 Å². The van der Waals surface area contributed by atoms with E-state index in [9.17, 15) is 13.2 Å². The van der Waals surface area contributed by atoms with Crippen molar-refractivity contribution in [1.29, 1.82) is 0 Å². The van der Waals surface area contributed by atoms with Gasteiger partial charge < -0.3 is 14.4 Å². The Morgan fingerprint density at radius 2 is 1.68 bits per heavy atom. The molecule has 0 aliphatic rings. The van der Waals surface area contributed by atoms with Crippen molar-refractivity contribution in [2.75, 3.05) is 25.2 Å². The molecule has 0 bridgehead atoms. The maximum atomic E-state index is 13.5. The van der Waals surface area contributed by atoms with Crippen molar-refractivity contribution in [3.63, 3.8) is 0 Å². The number of anilines is 2. The largest absolute Gasteiger partial charge is 0.493 e. The Morgan fingerprint density at radius 1 is 1.04 bits per heavy atom. The predicted octanol–water partition coefficient (Wildman–Crippen LogP) is 5.33. The minimum Gasteiger partial charge on any atom is -0.493 e. The first-order valence-corrected chi connectivity index (χ1v) is 9.11. The Balaban J connectivity index is 2.37. The molecule has 28 heavy (non-hydrogen) atoms. The van der Waals surface area contributed by atoms with Crippen LogP contribution in [0.25, 0.3) is 0 Å². The van der Waals surface area contributed by atoms with Crippen LogP contribution in [0.1, 0.15) is 33.3 Å². The van der Waals surface area contributed by atoms with E-state index in [1.165, 1.54) is 11.9 Å². The number of halogens is 3. The minimum atomic E-state index is -4.59. The Kier molecular flexibility index (Phi) is 7.10. The molecular formula is C20H26F3N3O2. The molecule has 0 aliphatic heterocycles. The lowest BCUT2D eigenvalue weighted by atomic mass is 10.2. The van der Waals surface area contributed by atoms with E-state index in [2.05, 4.69) is 9.97 Å². The fraction of sp³-hybridized carbons (Fsp3) is 0.500. The molecular weight excluding hydrogens is 371 g/mol. The highest BCUT2D eigenvalue weighted by molar-refractivity contribution is 5.64. The van der Waals surface area contributed by atoms with E-state index in [1.54, 1.807) is 24.3 Å². The fourth-order valence-electron chi connectivity index (χ4n) is 2.29. The molecule has 8 heteroatoms. The lowest BCUT2D eigenvalue weighted by Crippen LogP contribution is -2.20. The van der Waals surface area contributed by atoms with Crippen molar-refractivity contribution in [3.8, 4) is 11.8 Å². The monoisotopic (exact) mass is 397 g/mol. The van der Waals surface area contributed by atoms with Crippen molar-refractivity contribution in [3.05, 3.63) is 36.0 Å². The normalized spacial score (nSPS) is 11.8. The van der Waals surface area contributed by atoms with Crippen LogP contribution in [0.15, 0.2) is 30.5 Å². The second kappa shape index (κ2) is 9.12. The third-order valence-electron chi connectivity index (χ3n) is 3.70. The minimum absolute atomic E-state index is 0.0873. The average molecular weight is 397 g/mol. The molecule has 0 spiro atoms. The summed E-state index contributed by atoms with van der Waals surface area (Å²) in [6.07, 6.45) is -3.83. The summed E-state index contributed by atoms with van der Waals surface area (Å²) < 4.78 is 51.5. The van der Waals surface area contributed by atoms with Crippen LogP contribution < -0.4 is 14.4 Å². The van der Waals surface area contributed by atoms with Crippen LogP contribution in [0.3, 0.4) is 0 Å². The van der Waals surface area contributed by atoms with E-state index in [-0.39, 0.29) is 17.7 Å². The van der Waals surface area contributed by atoms with Gasteiger partial charge in [-0.25, -0.2) is 4.98 Å². The van der Waals surface area contributed by atoms with Gasteiger partial charge in [0.25, 0.3) is 0 Å². The molecule has 1 aromatic carbocycles. The third-order valence-corrected chi connectivity index (χ3v) is 3.70. The smallest absolute Gasteiger partial charge is 0.421 e. The zero-order valence-electron chi connectivity index (χ0n) is 16.7. The van der Waals surface area contributed by atoms with Gasteiger partial charge in [-0.2, -0.15) is 18.2 Å². The standard InChI is InChI=1S/C20H26F3N3O2/c1-13(2)11-27-16-8-6-7-15(9-16)26(5)18-17(20(21,22)23)10-24-19(25-18)28-12-14(3)4/h6-10,13-14H,11-12H2,1-5H3. The maximum absolute atomic E-state index is 13.5. The molecule has 154 valence electrons. The lowest BCUT2D eigenvalue weighted by molar-refractivity contribution is -0.137. The van der Waals surface area contributed by atoms with Crippen molar-refractivity contribution in [2.45, 2.75) is 33.9 Å². The van der Waals surface area contributed by atoms with Gasteiger partial charge in [0, 0.05) is 25.0 Å². The number of ether oxygens (including phenoxy) is 2. The van der Waals surface area contributed by atoms with Crippen LogP contribution in [0.2, 0.25) is 0 Å². The first-order chi connectivity index (χ1) is 13.1. The Morgan fingerprint density at radius 3 is 2.29 bits per heavy atom.